The molecule has 1 aliphatic heterocycles. The molecule has 0 unspecified atom stereocenters. The summed E-state index contributed by atoms with van der Waals surface area (Å²) in [5, 5.41) is 22.1. The third-order valence-corrected chi connectivity index (χ3v) is 5.74. The highest BCUT2D eigenvalue weighted by Crippen LogP contribution is 2.36. The van der Waals surface area contributed by atoms with Gasteiger partial charge in [0.15, 0.2) is 0 Å². The van der Waals surface area contributed by atoms with Crippen LogP contribution in [0.4, 0.5) is 0 Å². The van der Waals surface area contributed by atoms with Crippen molar-refractivity contribution < 1.29 is 9.90 Å². The second-order valence-corrected chi connectivity index (χ2v) is 9.32. The summed E-state index contributed by atoms with van der Waals surface area (Å²) < 4.78 is 0. The maximum Gasteiger partial charge on any atom is 0.234 e. The Bertz CT molecular complexity index is 1040. The Hall–Kier alpha value is -2.93. The molecule has 1 amide bonds. The van der Waals surface area contributed by atoms with Crippen LogP contribution in [0.5, 0.6) is 5.75 Å². The van der Waals surface area contributed by atoms with Crippen molar-refractivity contribution >= 4 is 16.9 Å². The van der Waals surface area contributed by atoms with E-state index < -0.39 is 0 Å². The molecule has 2 heterocycles. The fourth-order valence-electron chi connectivity index (χ4n) is 4.01. The van der Waals surface area contributed by atoms with E-state index in [1.165, 1.54) is 11.2 Å². The quantitative estimate of drug-likeness (QED) is 0.653. The minimum absolute atomic E-state index is 0.0248. The number of piperidine rings is 1. The Balaban J connectivity index is 1.60. The van der Waals surface area contributed by atoms with E-state index in [0.29, 0.717) is 18.5 Å². The molecule has 1 aliphatic rings. The number of aromatic nitrogens is 3. The summed E-state index contributed by atoms with van der Waals surface area (Å²) in [4.78, 5) is 14.0. The van der Waals surface area contributed by atoms with E-state index in [0.717, 1.165) is 48.1 Å². The third kappa shape index (κ3) is 4.88. The van der Waals surface area contributed by atoms with Crippen molar-refractivity contribution in [3.05, 3.63) is 47.5 Å². The van der Waals surface area contributed by atoms with Gasteiger partial charge in [0, 0.05) is 25.1 Å². The first kappa shape index (κ1) is 21.3. The van der Waals surface area contributed by atoms with Gasteiger partial charge in [-0.2, -0.15) is 0 Å². The molecule has 1 saturated heterocycles. The van der Waals surface area contributed by atoms with Crippen molar-refractivity contribution in [3.63, 3.8) is 0 Å². The summed E-state index contributed by atoms with van der Waals surface area (Å²) in [5.74, 6) is 0.200. The Morgan fingerprint density at radius 2 is 1.71 bits per heavy atom. The zero-order valence-electron chi connectivity index (χ0n) is 18.6. The number of nitrogens with zero attached hydrogens (tertiary/aromatic N) is 4. The van der Waals surface area contributed by atoms with Gasteiger partial charge in [0.25, 0.3) is 0 Å². The summed E-state index contributed by atoms with van der Waals surface area (Å²) in [6, 6.07) is 11.5. The summed E-state index contributed by atoms with van der Waals surface area (Å²) in [5.41, 5.74) is 6.63. The molecular weight excluding hydrogens is 390 g/mol. The summed E-state index contributed by atoms with van der Waals surface area (Å²) >= 11 is 0. The normalized spacial score (nSPS) is 15.3. The lowest BCUT2D eigenvalue weighted by molar-refractivity contribution is -0.126. The molecular formula is C24H31N5O2. The van der Waals surface area contributed by atoms with Gasteiger partial charge in [-0.3, -0.25) is 10.2 Å². The van der Waals surface area contributed by atoms with E-state index >= 15 is 0 Å². The smallest absolute Gasteiger partial charge is 0.234 e. The van der Waals surface area contributed by atoms with Crippen LogP contribution in [0.25, 0.3) is 16.7 Å². The van der Waals surface area contributed by atoms with Gasteiger partial charge in [-0.05, 0) is 48.4 Å². The van der Waals surface area contributed by atoms with E-state index in [9.17, 15) is 9.90 Å². The Morgan fingerprint density at radius 3 is 2.32 bits per heavy atom. The van der Waals surface area contributed by atoms with Gasteiger partial charge < -0.3 is 5.11 Å². The van der Waals surface area contributed by atoms with E-state index in [2.05, 4.69) is 36.4 Å². The monoisotopic (exact) mass is 421 g/mol. The minimum atomic E-state index is -0.266. The van der Waals surface area contributed by atoms with E-state index in [1.807, 2.05) is 41.4 Å². The Morgan fingerprint density at radius 1 is 1.06 bits per heavy atom. The number of hydrogen-bond acceptors (Lipinski definition) is 5. The van der Waals surface area contributed by atoms with Crippen molar-refractivity contribution in [2.75, 3.05) is 13.1 Å². The van der Waals surface area contributed by atoms with Crippen LogP contribution < -0.4 is 5.43 Å². The molecule has 0 spiro atoms. The molecule has 0 saturated carbocycles. The lowest BCUT2D eigenvalue weighted by Gasteiger charge is -2.27. The molecule has 1 fully saturated rings. The van der Waals surface area contributed by atoms with Gasteiger partial charge in [0.05, 0.1) is 0 Å². The van der Waals surface area contributed by atoms with Gasteiger partial charge in [-0.25, -0.2) is 5.01 Å². The number of nitrogens with one attached hydrogen (secondary N) is 1. The molecule has 3 aromatic rings. The number of phenols is 1. The number of aromatic hydroxyl groups is 1. The topological polar surface area (TPSA) is 83.3 Å². The number of hydrogen-bond donors (Lipinski definition) is 2. The first-order valence-electron chi connectivity index (χ1n) is 11.0. The minimum Gasteiger partial charge on any atom is -0.505 e. The molecule has 0 radical (unpaired) electrons. The molecule has 7 heteroatoms. The number of phenolic OH excluding ortho intramolecular Hbond substituents is 1. The average Bonchev–Trinajstić information content (AvgIpc) is 3.17. The summed E-state index contributed by atoms with van der Waals surface area (Å²) in [6.45, 7) is 8.02. The van der Waals surface area contributed by atoms with Crippen LogP contribution in [0.1, 0.15) is 57.6 Å². The first-order chi connectivity index (χ1) is 14.8. The van der Waals surface area contributed by atoms with Crippen LogP contribution in [0.2, 0.25) is 0 Å². The van der Waals surface area contributed by atoms with Gasteiger partial charge >= 0.3 is 0 Å². The third-order valence-electron chi connectivity index (χ3n) is 5.74. The van der Waals surface area contributed by atoms with Crippen molar-refractivity contribution in [3.8, 4) is 11.4 Å². The number of benzene rings is 2. The number of fused-ring (bicyclic) bond motifs is 1. The van der Waals surface area contributed by atoms with Crippen molar-refractivity contribution in [1.29, 1.82) is 0 Å². The van der Waals surface area contributed by atoms with Crippen LogP contribution >= 0.6 is 0 Å². The first-order valence-corrected chi connectivity index (χ1v) is 11.0. The predicted octanol–water partition coefficient (Wildman–Crippen LogP) is 3.87. The number of carbonyl (C=O) groups is 1. The standard InChI is InChI=1S/C24H31N5O2/c1-24(2,3)18-15-17(11-12-22(30)27-28-13-7-4-8-14-28)16-21(23(18)31)29-25-19-9-5-6-10-20(19)26-29/h5-6,9-10,15-16,31H,4,7-8,11-14H2,1-3H3,(H,27,30). The van der Waals surface area contributed by atoms with Crippen LogP contribution in [-0.2, 0) is 16.6 Å². The van der Waals surface area contributed by atoms with Crippen molar-refractivity contribution in [2.24, 2.45) is 0 Å². The fraction of sp³-hybridized carbons (Fsp3) is 0.458. The number of aryl methyl sites for hydroxylation is 1. The van der Waals surface area contributed by atoms with Crippen LogP contribution in [-0.4, -0.2) is 44.1 Å². The van der Waals surface area contributed by atoms with E-state index in [1.54, 1.807) is 0 Å². The van der Waals surface area contributed by atoms with Crippen LogP contribution in [0, 0.1) is 0 Å². The number of carbonyl (C=O) groups excluding carboxylic acids is 1. The highest BCUT2D eigenvalue weighted by Gasteiger charge is 2.23. The zero-order valence-corrected chi connectivity index (χ0v) is 18.6. The number of hydrazine groups is 1. The molecule has 1 aromatic heterocycles. The molecule has 0 aliphatic carbocycles. The summed E-state index contributed by atoms with van der Waals surface area (Å²) in [6.07, 6.45) is 4.45. The zero-order chi connectivity index (χ0) is 22.0. The fourth-order valence-corrected chi connectivity index (χ4v) is 4.01. The predicted molar refractivity (Wildman–Crippen MR) is 121 cm³/mol. The van der Waals surface area contributed by atoms with E-state index in [-0.39, 0.29) is 17.1 Å². The summed E-state index contributed by atoms with van der Waals surface area (Å²) in [7, 11) is 0. The van der Waals surface area contributed by atoms with Crippen molar-refractivity contribution in [2.45, 2.75) is 58.3 Å². The largest absolute Gasteiger partial charge is 0.505 e. The highest BCUT2D eigenvalue weighted by atomic mass is 16.3. The molecule has 2 N–H and O–H groups in total. The Kier molecular flexibility index (Phi) is 5.96. The lowest BCUT2D eigenvalue weighted by Crippen LogP contribution is -2.45. The molecule has 4 rings (SSSR count). The van der Waals surface area contributed by atoms with E-state index in [4.69, 9.17) is 0 Å². The maximum atomic E-state index is 12.5. The van der Waals surface area contributed by atoms with Gasteiger partial charge in [0.2, 0.25) is 5.91 Å². The molecule has 2 aromatic carbocycles. The number of amides is 1. The average molecular weight is 422 g/mol. The SMILES string of the molecule is CC(C)(C)c1cc(CCC(=O)NN2CCCCC2)cc(-n2nc3ccccc3n2)c1O. The molecule has 31 heavy (non-hydrogen) atoms. The van der Waals surface area contributed by atoms with Crippen molar-refractivity contribution in [1.82, 2.24) is 25.4 Å². The molecule has 0 bridgehead atoms. The highest BCUT2D eigenvalue weighted by molar-refractivity contribution is 5.76. The molecule has 0 atom stereocenters. The maximum absolute atomic E-state index is 12.5. The van der Waals surface area contributed by atoms with Gasteiger partial charge in [-0.15, -0.1) is 15.0 Å². The van der Waals surface area contributed by atoms with Crippen LogP contribution in [0.15, 0.2) is 36.4 Å². The van der Waals surface area contributed by atoms with Gasteiger partial charge in [0.1, 0.15) is 22.5 Å². The Labute approximate surface area is 183 Å². The second kappa shape index (κ2) is 8.67. The number of rotatable bonds is 5. The lowest BCUT2D eigenvalue weighted by atomic mass is 9.84. The second-order valence-electron chi connectivity index (χ2n) is 9.32. The van der Waals surface area contributed by atoms with Crippen LogP contribution in [0.3, 0.4) is 0 Å². The van der Waals surface area contributed by atoms with Gasteiger partial charge in [-0.1, -0.05) is 45.4 Å². The molecule has 164 valence electrons. The molecule has 7 nitrogen and oxygen atoms in total.